The van der Waals surface area contributed by atoms with Gasteiger partial charge in [-0.15, -0.1) is 0 Å². The highest BCUT2D eigenvalue weighted by molar-refractivity contribution is 6.30. The number of benzene rings is 2. The molecule has 1 heterocycles. The summed E-state index contributed by atoms with van der Waals surface area (Å²) >= 11 is 6.06. The Morgan fingerprint density at radius 3 is 2.55 bits per heavy atom. The van der Waals surface area contributed by atoms with E-state index in [0.717, 1.165) is 12.8 Å². The van der Waals surface area contributed by atoms with Gasteiger partial charge in [-0.2, -0.15) is 13.2 Å². The average molecular weight is 456 g/mol. The molecule has 2 aromatic carbocycles. The third-order valence-corrected chi connectivity index (χ3v) is 5.62. The maximum absolute atomic E-state index is 14.0. The summed E-state index contributed by atoms with van der Waals surface area (Å²) < 4.78 is 47.0. The Morgan fingerprint density at radius 1 is 1.26 bits per heavy atom. The molecule has 31 heavy (non-hydrogen) atoms. The summed E-state index contributed by atoms with van der Waals surface area (Å²) in [6, 6.07) is 8.26. The van der Waals surface area contributed by atoms with Crippen LogP contribution in [0.3, 0.4) is 0 Å². The number of urea groups is 1. The van der Waals surface area contributed by atoms with E-state index in [2.05, 4.69) is 10.6 Å². The third-order valence-electron chi connectivity index (χ3n) is 5.39. The van der Waals surface area contributed by atoms with Gasteiger partial charge in [-0.1, -0.05) is 17.7 Å². The fourth-order valence-electron chi connectivity index (χ4n) is 3.71. The minimum absolute atomic E-state index is 0.00230. The van der Waals surface area contributed by atoms with Crippen molar-refractivity contribution in [3.05, 3.63) is 58.6 Å². The van der Waals surface area contributed by atoms with Crippen LogP contribution < -0.4 is 15.4 Å². The monoisotopic (exact) mass is 455 g/mol. The highest BCUT2D eigenvalue weighted by Crippen LogP contribution is 2.38. The van der Waals surface area contributed by atoms with Crippen LogP contribution in [-0.2, 0) is 6.54 Å². The number of amides is 2. The lowest BCUT2D eigenvalue weighted by atomic mass is 9.99. The first-order valence-corrected chi connectivity index (χ1v) is 10.4. The van der Waals surface area contributed by atoms with Crippen LogP contribution in [-0.4, -0.2) is 36.8 Å². The van der Waals surface area contributed by atoms with Crippen LogP contribution in [0.15, 0.2) is 42.5 Å². The predicted molar refractivity (Wildman–Crippen MR) is 115 cm³/mol. The van der Waals surface area contributed by atoms with Crippen molar-refractivity contribution in [2.45, 2.75) is 44.6 Å². The number of anilines is 1. The summed E-state index contributed by atoms with van der Waals surface area (Å²) in [7, 11) is 1.48. The molecular weight excluding hydrogens is 431 g/mol. The normalized spacial score (nSPS) is 17.4. The number of nitrogens with zero attached hydrogens (tertiary/aromatic N) is 1. The van der Waals surface area contributed by atoms with Crippen LogP contribution in [0.1, 0.15) is 36.9 Å². The molecule has 168 valence electrons. The maximum Gasteiger partial charge on any atom is 0.412 e. The summed E-state index contributed by atoms with van der Waals surface area (Å²) in [5, 5.41) is 5.59. The van der Waals surface area contributed by atoms with E-state index in [-0.39, 0.29) is 24.2 Å². The van der Waals surface area contributed by atoms with Gasteiger partial charge in [0.15, 0.2) is 0 Å². The molecule has 1 saturated heterocycles. The van der Waals surface area contributed by atoms with Gasteiger partial charge in [0.05, 0.1) is 7.11 Å². The van der Waals surface area contributed by atoms with Crippen molar-refractivity contribution in [2.24, 2.45) is 0 Å². The number of carbonyl (C=O) groups excluding carboxylic acids is 1. The molecule has 2 amide bonds. The molecule has 5 nitrogen and oxygen atoms in total. The van der Waals surface area contributed by atoms with Crippen molar-refractivity contribution >= 4 is 23.3 Å². The standard InChI is InChI=1S/C22H25ClF3N3O2/c1-14-4-3-11-29(14)21(30)27-13-15-12-16(23)5-10-19(15)20(22(24,25)26)28-17-6-8-18(31-2)9-7-17/h5-10,12,14,20,28H,3-4,11,13H2,1-2H3,(H,27,30)/t14-,20?/m1/s1. The van der Waals surface area contributed by atoms with Crippen LogP contribution in [0, 0.1) is 0 Å². The van der Waals surface area contributed by atoms with Gasteiger partial charge in [0.25, 0.3) is 0 Å². The number of alkyl halides is 3. The van der Waals surface area contributed by atoms with Gasteiger partial charge in [-0.05, 0) is 67.3 Å². The second kappa shape index (κ2) is 9.68. The van der Waals surface area contributed by atoms with Crippen LogP contribution in [0.25, 0.3) is 0 Å². The topological polar surface area (TPSA) is 53.6 Å². The fourth-order valence-corrected chi connectivity index (χ4v) is 3.90. The van der Waals surface area contributed by atoms with Crippen LogP contribution in [0.4, 0.5) is 23.7 Å². The molecule has 0 radical (unpaired) electrons. The highest BCUT2D eigenvalue weighted by atomic mass is 35.5. The number of ether oxygens (including phenoxy) is 1. The van der Waals surface area contributed by atoms with Gasteiger partial charge in [-0.25, -0.2) is 4.79 Å². The number of nitrogens with one attached hydrogen (secondary N) is 2. The Morgan fingerprint density at radius 2 is 1.97 bits per heavy atom. The number of halogens is 4. The second-order valence-electron chi connectivity index (χ2n) is 7.53. The van der Waals surface area contributed by atoms with E-state index in [9.17, 15) is 18.0 Å². The van der Waals surface area contributed by atoms with E-state index in [4.69, 9.17) is 16.3 Å². The number of hydrogen-bond donors (Lipinski definition) is 2. The summed E-state index contributed by atoms with van der Waals surface area (Å²) in [6.45, 7) is 2.53. The Balaban J connectivity index is 1.84. The smallest absolute Gasteiger partial charge is 0.412 e. The van der Waals surface area contributed by atoms with Crippen LogP contribution in [0.2, 0.25) is 5.02 Å². The van der Waals surface area contributed by atoms with Crippen LogP contribution >= 0.6 is 11.6 Å². The van der Waals surface area contributed by atoms with E-state index < -0.39 is 12.2 Å². The lowest BCUT2D eigenvalue weighted by Crippen LogP contribution is -2.41. The molecule has 0 aromatic heterocycles. The molecule has 1 fully saturated rings. The molecule has 9 heteroatoms. The molecule has 2 aromatic rings. The molecular formula is C22H25ClF3N3O2. The number of methoxy groups -OCH3 is 1. The lowest BCUT2D eigenvalue weighted by Gasteiger charge is -2.26. The minimum Gasteiger partial charge on any atom is -0.497 e. The van der Waals surface area contributed by atoms with Crippen molar-refractivity contribution in [1.82, 2.24) is 10.2 Å². The first-order valence-electron chi connectivity index (χ1n) is 9.99. The minimum atomic E-state index is -4.57. The summed E-state index contributed by atoms with van der Waals surface area (Å²) in [6.07, 6.45) is -2.74. The van der Waals surface area contributed by atoms with Gasteiger partial charge in [0, 0.05) is 29.8 Å². The van der Waals surface area contributed by atoms with Gasteiger partial charge in [0.2, 0.25) is 0 Å². The van der Waals surface area contributed by atoms with Crippen LogP contribution in [0.5, 0.6) is 5.75 Å². The second-order valence-corrected chi connectivity index (χ2v) is 7.97. The third kappa shape index (κ3) is 5.76. The molecule has 3 rings (SSSR count). The molecule has 1 unspecified atom stereocenters. The Hall–Kier alpha value is -2.61. The first-order chi connectivity index (χ1) is 14.7. The largest absolute Gasteiger partial charge is 0.497 e. The van der Waals surface area contributed by atoms with E-state index in [0.29, 0.717) is 28.6 Å². The zero-order chi connectivity index (χ0) is 22.6. The van der Waals surface area contributed by atoms with Crippen molar-refractivity contribution in [1.29, 1.82) is 0 Å². The zero-order valence-corrected chi connectivity index (χ0v) is 18.1. The number of rotatable bonds is 6. The lowest BCUT2D eigenvalue weighted by molar-refractivity contribution is -0.144. The van der Waals surface area contributed by atoms with Gasteiger partial charge >= 0.3 is 12.2 Å². The molecule has 2 atom stereocenters. The molecule has 0 saturated carbocycles. The van der Waals surface area contributed by atoms with Gasteiger partial charge in [0.1, 0.15) is 11.8 Å². The van der Waals surface area contributed by atoms with Crippen molar-refractivity contribution in [2.75, 3.05) is 19.0 Å². The SMILES string of the molecule is COc1ccc(NC(c2ccc(Cl)cc2CNC(=O)N2CCC[C@H]2C)C(F)(F)F)cc1. The molecule has 0 spiro atoms. The number of carbonyl (C=O) groups is 1. The van der Waals surface area contributed by atoms with Gasteiger partial charge in [-0.3, -0.25) is 0 Å². The van der Waals surface area contributed by atoms with E-state index in [1.54, 1.807) is 17.0 Å². The average Bonchev–Trinajstić information content (AvgIpc) is 3.16. The van der Waals surface area contributed by atoms with Gasteiger partial charge < -0.3 is 20.3 Å². The predicted octanol–water partition coefficient (Wildman–Crippen LogP) is 5.76. The Kier molecular flexibility index (Phi) is 7.20. The zero-order valence-electron chi connectivity index (χ0n) is 17.3. The van der Waals surface area contributed by atoms with E-state index in [1.807, 2.05) is 6.92 Å². The summed E-state index contributed by atoms with van der Waals surface area (Å²) in [5.74, 6) is 0.542. The highest BCUT2D eigenvalue weighted by Gasteiger charge is 2.42. The maximum atomic E-state index is 14.0. The number of likely N-dealkylation sites (tertiary alicyclic amines) is 1. The Labute approximate surface area is 184 Å². The molecule has 1 aliphatic rings. The van der Waals surface area contributed by atoms with Crippen molar-refractivity contribution < 1.29 is 22.7 Å². The Bertz CT molecular complexity index is 906. The quantitative estimate of drug-likeness (QED) is 0.582. The molecule has 0 aliphatic carbocycles. The number of hydrogen-bond acceptors (Lipinski definition) is 3. The van der Waals surface area contributed by atoms with E-state index >= 15 is 0 Å². The first kappa shape index (κ1) is 23.1. The molecule has 1 aliphatic heterocycles. The van der Waals surface area contributed by atoms with Crippen molar-refractivity contribution in [3.8, 4) is 5.75 Å². The van der Waals surface area contributed by atoms with E-state index in [1.165, 1.54) is 37.4 Å². The fraction of sp³-hybridized carbons (Fsp3) is 0.409. The van der Waals surface area contributed by atoms with Crippen molar-refractivity contribution in [3.63, 3.8) is 0 Å². The molecule has 0 bridgehead atoms. The summed E-state index contributed by atoms with van der Waals surface area (Å²) in [4.78, 5) is 14.2. The molecule has 2 N–H and O–H groups in total. The summed E-state index contributed by atoms with van der Waals surface area (Å²) in [5.41, 5.74) is 0.595.